The van der Waals surface area contributed by atoms with Gasteiger partial charge in [0.2, 0.25) is 0 Å². The van der Waals surface area contributed by atoms with Crippen molar-refractivity contribution in [2.45, 2.75) is 78.2 Å². The molecule has 0 aliphatic heterocycles. The Morgan fingerprint density at radius 2 is 1.75 bits per heavy atom. The maximum atomic E-state index is 4.44. The highest BCUT2D eigenvalue weighted by Crippen LogP contribution is 2.20. The molecule has 0 fully saturated rings. The van der Waals surface area contributed by atoms with Crippen LogP contribution in [0.2, 0.25) is 0 Å². The smallest absolute Gasteiger partial charge is 0.0372 e. The standard InChI is InChI=1S/C18H32N2/c1-4-6-7-8-9-10-11-18(19-14-5-2)17-13-12-16(3)20-15-17/h12-13,15,18-19H,4-11,14H2,1-3H3. The molecule has 0 bridgehead atoms. The summed E-state index contributed by atoms with van der Waals surface area (Å²) in [5, 5.41) is 3.67. The second-order valence-corrected chi connectivity index (χ2v) is 5.80. The molecule has 0 aromatic carbocycles. The van der Waals surface area contributed by atoms with Gasteiger partial charge < -0.3 is 5.32 Å². The summed E-state index contributed by atoms with van der Waals surface area (Å²) in [5.74, 6) is 0. The molecule has 1 rings (SSSR count). The summed E-state index contributed by atoms with van der Waals surface area (Å²) in [4.78, 5) is 4.44. The largest absolute Gasteiger partial charge is 0.310 e. The molecular formula is C18H32N2. The Balaban J connectivity index is 2.37. The summed E-state index contributed by atoms with van der Waals surface area (Å²) in [7, 11) is 0. The van der Waals surface area contributed by atoms with Crippen molar-refractivity contribution in [3.63, 3.8) is 0 Å². The van der Waals surface area contributed by atoms with Gasteiger partial charge in [0.1, 0.15) is 0 Å². The lowest BCUT2D eigenvalue weighted by Gasteiger charge is -2.19. The van der Waals surface area contributed by atoms with Crippen LogP contribution in [0.25, 0.3) is 0 Å². The van der Waals surface area contributed by atoms with E-state index in [1.54, 1.807) is 0 Å². The van der Waals surface area contributed by atoms with Gasteiger partial charge in [-0.15, -0.1) is 0 Å². The van der Waals surface area contributed by atoms with E-state index in [-0.39, 0.29) is 0 Å². The molecule has 0 amide bonds. The zero-order valence-corrected chi connectivity index (χ0v) is 13.6. The van der Waals surface area contributed by atoms with Crippen LogP contribution in [0, 0.1) is 6.92 Å². The Labute approximate surface area is 125 Å². The van der Waals surface area contributed by atoms with Crippen LogP contribution in [-0.4, -0.2) is 11.5 Å². The molecule has 1 heterocycles. The van der Waals surface area contributed by atoms with Gasteiger partial charge in [0.15, 0.2) is 0 Å². The van der Waals surface area contributed by atoms with Crippen molar-refractivity contribution >= 4 is 0 Å². The van der Waals surface area contributed by atoms with Crippen molar-refractivity contribution < 1.29 is 0 Å². The average Bonchev–Trinajstić information content (AvgIpc) is 2.47. The number of nitrogens with zero attached hydrogens (tertiary/aromatic N) is 1. The number of unbranched alkanes of at least 4 members (excludes halogenated alkanes) is 5. The predicted octanol–water partition coefficient (Wildman–Crippen LogP) is 5.18. The maximum Gasteiger partial charge on any atom is 0.0372 e. The first kappa shape index (κ1) is 17.2. The third-order valence-corrected chi connectivity index (χ3v) is 3.82. The van der Waals surface area contributed by atoms with Crippen molar-refractivity contribution in [1.82, 2.24) is 10.3 Å². The number of pyridine rings is 1. The SMILES string of the molecule is CCCCCCCCC(NCCC)c1ccc(C)nc1. The van der Waals surface area contributed by atoms with Crippen molar-refractivity contribution in [3.05, 3.63) is 29.6 Å². The van der Waals surface area contributed by atoms with Gasteiger partial charge in [-0.25, -0.2) is 0 Å². The topological polar surface area (TPSA) is 24.9 Å². The Morgan fingerprint density at radius 3 is 2.40 bits per heavy atom. The van der Waals surface area contributed by atoms with Gasteiger partial charge in [-0.1, -0.05) is 58.4 Å². The van der Waals surface area contributed by atoms with Gasteiger partial charge in [-0.2, -0.15) is 0 Å². The quantitative estimate of drug-likeness (QED) is 0.563. The summed E-state index contributed by atoms with van der Waals surface area (Å²) < 4.78 is 0. The van der Waals surface area contributed by atoms with Gasteiger partial charge in [-0.3, -0.25) is 4.98 Å². The molecule has 0 aliphatic rings. The second-order valence-electron chi connectivity index (χ2n) is 5.80. The van der Waals surface area contributed by atoms with Gasteiger partial charge in [0.05, 0.1) is 0 Å². The Morgan fingerprint density at radius 1 is 1.00 bits per heavy atom. The summed E-state index contributed by atoms with van der Waals surface area (Å²) in [6.07, 6.45) is 12.6. The molecule has 1 N–H and O–H groups in total. The fourth-order valence-corrected chi connectivity index (χ4v) is 2.52. The molecule has 0 radical (unpaired) electrons. The number of hydrogen-bond donors (Lipinski definition) is 1. The number of hydrogen-bond acceptors (Lipinski definition) is 2. The number of nitrogens with one attached hydrogen (secondary N) is 1. The number of aryl methyl sites for hydroxylation is 1. The molecule has 1 unspecified atom stereocenters. The monoisotopic (exact) mass is 276 g/mol. The van der Waals surface area contributed by atoms with E-state index in [4.69, 9.17) is 0 Å². The maximum absolute atomic E-state index is 4.44. The van der Waals surface area contributed by atoms with Crippen LogP contribution >= 0.6 is 0 Å². The first-order chi connectivity index (χ1) is 9.77. The van der Waals surface area contributed by atoms with Crippen LogP contribution in [0.15, 0.2) is 18.3 Å². The van der Waals surface area contributed by atoms with Crippen LogP contribution in [0.4, 0.5) is 0 Å². The summed E-state index contributed by atoms with van der Waals surface area (Å²) in [5.41, 5.74) is 2.44. The van der Waals surface area contributed by atoms with E-state index in [1.807, 2.05) is 13.1 Å². The molecule has 1 aromatic heterocycles. The Kier molecular flexibility index (Phi) is 9.31. The van der Waals surface area contributed by atoms with Gasteiger partial charge in [0.25, 0.3) is 0 Å². The van der Waals surface area contributed by atoms with Crippen LogP contribution in [0.5, 0.6) is 0 Å². The summed E-state index contributed by atoms with van der Waals surface area (Å²) in [6.45, 7) is 7.64. The lowest BCUT2D eigenvalue weighted by molar-refractivity contribution is 0.465. The highest BCUT2D eigenvalue weighted by atomic mass is 14.9. The normalized spacial score (nSPS) is 12.6. The molecule has 1 aromatic rings. The Bertz CT molecular complexity index is 332. The van der Waals surface area contributed by atoms with Crippen LogP contribution in [-0.2, 0) is 0 Å². The lowest BCUT2D eigenvalue weighted by atomic mass is 10.0. The molecule has 20 heavy (non-hydrogen) atoms. The minimum absolute atomic E-state index is 0.481. The minimum Gasteiger partial charge on any atom is -0.310 e. The molecule has 0 saturated carbocycles. The molecule has 0 spiro atoms. The highest BCUT2D eigenvalue weighted by Gasteiger charge is 2.10. The molecule has 0 saturated heterocycles. The zero-order chi connectivity index (χ0) is 14.6. The molecular weight excluding hydrogens is 244 g/mol. The highest BCUT2D eigenvalue weighted by molar-refractivity contribution is 5.17. The number of rotatable bonds is 11. The van der Waals surface area contributed by atoms with E-state index in [1.165, 1.54) is 56.9 Å². The van der Waals surface area contributed by atoms with Crippen LogP contribution < -0.4 is 5.32 Å². The van der Waals surface area contributed by atoms with E-state index >= 15 is 0 Å². The van der Waals surface area contributed by atoms with Crippen molar-refractivity contribution in [3.8, 4) is 0 Å². The molecule has 114 valence electrons. The average molecular weight is 276 g/mol. The third-order valence-electron chi connectivity index (χ3n) is 3.82. The second kappa shape index (κ2) is 10.8. The van der Waals surface area contributed by atoms with E-state index in [2.05, 4.69) is 36.3 Å². The van der Waals surface area contributed by atoms with Crippen molar-refractivity contribution in [1.29, 1.82) is 0 Å². The summed E-state index contributed by atoms with van der Waals surface area (Å²) >= 11 is 0. The first-order valence-electron chi connectivity index (χ1n) is 8.43. The van der Waals surface area contributed by atoms with Crippen LogP contribution in [0.1, 0.15) is 82.5 Å². The summed E-state index contributed by atoms with van der Waals surface area (Å²) in [6, 6.07) is 4.83. The Hall–Kier alpha value is -0.890. The van der Waals surface area contributed by atoms with Crippen molar-refractivity contribution in [2.75, 3.05) is 6.54 Å². The van der Waals surface area contributed by atoms with Gasteiger partial charge >= 0.3 is 0 Å². The molecule has 2 nitrogen and oxygen atoms in total. The molecule has 1 atom stereocenters. The van der Waals surface area contributed by atoms with Crippen LogP contribution in [0.3, 0.4) is 0 Å². The predicted molar refractivity (Wildman–Crippen MR) is 88.0 cm³/mol. The van der Waals surface area contributed by atoms with Gasteiger partial charge in [0, 0.05) is 17.9 Å². The zero-order valence-electron chi connectivity index (χ0n) is 13.6. The number of aromatic nitrogens is 1. The van der Waals surface area contributed by atoms with E-state index in [0.717, 1.165) is 12.2 Å². The third kappa shape index (κ3) is 7.04. The van der Waals surface area contributed by atoms with Crippen molar-refractivity contribution in [2.24, 2.45) is 0 Å². The fraction of sp³-hybridized carbons (Fsp3) is 0.722. The fourth-order valence-electron chi connectivity index (χ4n) is 2.52. The van der Waals surface area contributed by atoms with E-state index in [9.17, 15) is 0 Å². The minimum atomic E-state index is 0.481. The first-order valence-corrected chi connectivity index (χ1v) is 8.43. The van der Waals surface area contributed by atoms with E-state index in [0.29, 0.717) is 6.04 Å². The lowest BCUT2D eigenvalue weighted by Crippen LogP contribution is -2.22. The van der Waals surface area contributed by atoms with E-state index < -0.39 is 0 Å². The van der Waals surface area contributed by atoms with Gasteiger partial charge in [-0.05, 0) is 37.9 Å². The molecule has 2 heteroatoms. The molecule has 0 aliphatic carbocycles.